The van der Waals surface area contributed by atoms with Gasteiger partial charge in [-0.3, -0.25) is 4.79 Å². The van der Waals surface area contributed by atoms with Crippen LogP contribution in [0, 0.1) is 5.92 Å². The molecule has 1 heterocycles. The van der Waals surface area contributed by atoms with Gasteiger partial charge in [-0.2, -0.15) is 0 Å². The van der Waals surface area contributed by atoms with E-state index in [1.807, 2.05) is 13.8 Å². The molecule has 1 rings (SSSR count). The molecule has 1 saturated heterocycles. The third-order valence-corrected chi connectivity index (χ3v) is 3.35. The van der Waals surface area contributed by atoms with Crippen LogP contribution in [0.3, 0.4) is 0 Å². The highest BCUT2D eigenvalue weighted by molar-refractivity contribution is 5.77. The van der Waals surface area contributed by atoms with Crippen LogP contribution in [0.4, 0.5) is 0 Å². The molecule has 88 valence electrons. The molecule has 1 fully saturated rings. The third kappa shape index (κ3) is 2.94. The van der Waals surface area contributed by atoms with Gasteiger partial charge in [0.25, 0.3) is 0 Å². The smallest absolute Gasteiger partial charge is 0.222 e. The second-order valence-electron chi connectivity index (χ2n) is 4.97. The number of unbranched alkanes of at least 4 members (excludes halogenated alkanes) is 2. The monoisotopic (exact) mass is 213 g/mol. The topological polar surface area (TPSA) is 40.5 Å². The average Bonchev–Trinajstić information content (AvgIpc) is 2.12. The summed E-state index contributed by atoms with van der Waals surface area (Å²) < 4.78 is 0. The quantitative estimate of drug-likeness (QED) is 0.707. The Hall–Kier alpha value is -0.570. The van der Waals surface area contributed by atoms with E-state index >= 15 is 0 Å². The molecule has 0 atom stereocenters. The van der Waals surface area contributed by atoms with Crippen LogP contribution >= 0.6 is 0 Å². The first-order chi connectivity index (χ1) is 6.99. The Bertz CT molecular complexity index is 220. The van der Waals surface area contributed by atoms with E-state index in [-0.39, 0.29) is 11.8 Å². The normalized spacial score (nSPS) is 19.1. The van der Waals surface area contributed by atoms with E-state index in [1.54, 1.807) is 4.90 Å². The van der Waals surface area contributed by atoms with Crippen LogP contribution in [0.1, 0.15) is 46.5 Å². The van der Waals surface area contributed by atoms with Crippen molar-refractivity contribution in [3.8, 4) is 0 Å². The number of carbonyl (C=O) groups is 1. The molecule has 1 N–H and O–H groups in total. The summed E-state index contributed by atoms with van der Waals surface area (Å²) in [4.78, 5) is 13.4. The summed E-state index contributed by atoms with van der Waals surface area (Å²) in [5.74, 6) is 0.436. The number of carbonyl (C=O) groups excluding carboxylic acids is 1. The Morgan fingerprint density at radius 1 is 1.40 bits per heavy atom. The summed E-state index contributed by atoms with van der Waals surface area (Å²) in [5.41, 5.74) is -0.625. The minimum Gasteiger partial charge on any atom is -0.386 e. The Balaban J connectivity index is 2.23. The maximum Gasteiger partial charge on any atom is 0.222 e. The molecule has 0 aromatic rings. The largest absolute Gasteiger partial charge is 0.386 e. The van der Waals surface area contributed by atoms with E-state index in [1.165, 1.54) is 0 Å². The van der Waals surface area contributed by atoms with Crippen LogP contribution in [0.25, 0.3) is 0 Å². The number of nitrogens with zero attached hydrogens (tertiary/aromatic N) is 1. The molecule has 0 aromatic heterocycles. The molecule has 3 heteroatoms. The van der Waals surface area contributed by atoms with Crippen molar-refractivity contribution in [1.29, 1.82) is 0 Å². The van der Waals surface area contributed by atoms with Gasteiger partial charge in [-0.05, 0) is 12.3 Å². The van der Waals surface area contributed by atoms with Gasteiger partial charge in [0.2, 0.25) is 5.91 Å². The number of rotatable bonds is 5. The predicted molar refractivity (Wildman–Crippen MR) is 60.5 cm³/mol. The predicted octanol–water partition coefficient (Wildman–Crippen LogP) is 1.80. The lowest BCUT2D eigenvalue weighted by Crippen LogP contribution is -2.65. The number of likely N-dealkylation sites (tertiary alicyclic amines) is 1. The van der Waals surface area contributed by atoms with Crippen molar-refractivity contribution in [2.45, 2.75) is 52.1 Å². The third-order valence-electron chi connectivity index (χ3n) is 3.35. The molecular formula is C12H23NO2. The number of amides is 1. The molecule has 0 radical (unpaired) electrons. The minimum absolute atomic E-state index is 0.203. The Morgan fingerprint density at radius 2 is 2.00 bits per heavy atom. The zero-order chi connectivity index (χ0) is 11.5. The van der Waals surface area contributed by atoms with Gasteiger partial charge >= 0.3 is 0 Å². The first-order valence-corrected chi connectivity index (χ1v) is 5.99. The van der Waals surface area contributed by atoms with Crippen molar-refractivity contribution in [3.05, 3.63) is 0 Å². The molecular weight excluding hydrogens is 190 g/mol. The van der Waals surface area contributed by atoms with Crippen LogP contribution in [-0.4, -0.2) is 34.6 Å². The molecule has 0 saturated carbocycles. The van der Waals surface area contributed by atoms with Gasteiger partial charge in [0, 0.05) is 6.42 Å². The van der Waals surface area contributed by atoms with Gasteiger partial charge in [-0.25, -0.2) is 0 Å². The molecule has 0 bridgehead atoms. The van der Waals surface area contributed by atoms with E-state index in [2.05, 4.69) is 6.92 Å². The Morgan fingerprint density at radius 3 is 2.47 bits per heavy atom. The lowest BCUT2D eigenvalue weighted by Gasteiger charge is -2.49. The maximum atomic E-state index is 11.6. The van der Waals surface area contributed by atoms with E-state index < -0.39 is 5.60 Å². The van der Waals surface area contributed by atoms with Crippen LogP contribution in [0.15, 0.2) is 0 Å². The highest BCUT2D eigenvalue weighted by atomic mass is 16.3. The highest BCUT2D eigenvalue weighted by Gasteiger charge is 2.45. The summed E-state index contributed by atoms with van der Waals surface area (Å²) >= 11 is 0. The van der Waals surface area contributed by atoms with Gasteiger partial charge < -0.3 is 10.0 Å². The van der Waals surface area contributed by atoms with Crippen molar-refractivity contribution in [2.24, 2.45) is 5.92 Å². The van der Waals surface area contributed by atoms with E-state index in [9.17, 15) is 9.90 Å². The molecule has 0 unspecified atom stereocenters. The zero-order valence-electron chi connectivity index (χ0n) is 10.1. The molecule has 0 aromatic carbocycles. The van der Waals surface area contributed by atoms with Crippen LogP contribution in [0.5, 0.6) is 0 Å². The number of β-amino-alcohol motifs (C(OH)–C–C–N with tert-alkyl or cyclic N) is 1. The minimum atomic E-state index is -0.625. The molecule has 3 nitrogen and oxygen atoms in total. The fourth-order valence-electron chi connectivity index (χ4n) is 1.84. The molecule has 0 aliphatic carbocycles. The maximum absolute atomic E-state index is 11.6. The van der Waals surface area contributed by atoms with Gasteiger partial charge in [-0.15, -0.1) is 0 Å². The summed E-state index contributed by atoms with van der Waals surface area (Å²) in [6.07, 6.45) is 3.88. The van der Waals surface area contributed by atoms with Crippen LogP contribution in [0.2, 0.25) is 0 Å². The Labute approximate surface area is 92.5 Å². The SMILES string of the molecule is CCCCCC(=O)N1CC(O)(C(C)C)C1. The van der Waals surface area contributed by atoms with Crippen molar-refractivity contribution < 1.29 is 9.90 Å². The van der Waals surface area contributed by atoms with Gasteiger partial charge in [0.15, 0.2) is 0 Å². The lowest BCUT2D eigenvalue weighted by molar-refractivity contribution is -0.163. The summed E-state index contributed by atoms with van der Waals surface area (Å²) in [6.45, 7) is 7.18. The van der Waals surface area contributed by atoms with Crippen molar-refractivity contribution in [3.63, 3.8) is 0 Å². The van der Waals surface area contributed by atoms with Crippen LogP contribution in [-0.2, 0) is 4.79 Å². The number of hydrogen-bond acceptors (Lipinski definition) is 2. The standard InChI is InChI=1S/C12H23NO2/c1-4-5-6-7-11(14)13-8-12(15,9-13)10(2)3/h10,15H,4-9H2,1-3H3. The van der Waals surface area contributed by atoms with Gasteiger partial charge in [0.1, 0.15) is 5.60 Å². The highest BCUT2D eigenvalue weighted by Crippen LogP contribution is 2.29. The lowest BCUT2D eigenvalue weighted by atomic mass is 9.83. The summed E-state index contributed by atoms with van der Waals surface area (Å²) in [7, 11) is 0. The molecule has 1 aliphatic heterocycles. The molecule has 1 aliphatic rings. The molecule has 15 heavy (non-hydrogen) atoms. The zero-order valence-corrected chi connectivity index (χ0v) is 10.1. The molecule has 0 spiro atoms. The summed E-state index contributed by atoms with van der Waals surface area (Å²) in [5, 5.41) is 9.98. The number of aliphatic hydroxyl groups is 1. The number of hydrogen-bond donors (Lipinski definition) is 1. The molecule has 1 amide bonds. The summed E-state index contributed by atoms with van der Waals surface area (Å²) in [6, 6.07) is 0. The first-order valence-electron chi connectivity index (χ1n) is 5.99. The second-order valence-corrected chi connectivity index (χ2v) is 4.97. The first kappa shape index (κ1) is 12.5. The van der Waals surface area contributed by atoms with E-state index in [4.69, 9.17) is 0 Å². The van der Waals surface area contributed by atoms with E-state index in [0.29, 0.717) is 19.5 Å². The van der Waals surface area contributed by atoms with Crippen molar-refractivity contribution in [2.75, 3.05) is 13.1 Å². The van der Waals surface area contributed by atoms with Crippen molar-refractivity contribution in [1.82, 2.24) is 4.90 Å². The van der Waals surface area contributed by atoms with Crippen molar-refractivity contribution >= 4 is 5.91 Å². The van der Waals surface area contributed by atoms with Gasteiger partial charge in [-0.1, -0.05) is 33.6 Å². The second kappa shape index (κ2) is 4.97. The van der Waals surface area contributed by atoms with Gasteiger partial charge in [0.05, 0.1) is 13.1 Å². The van der Waals surface area contributed by atoms with Crippen LogP contribution < -0.4 is 0 Å². The Kier molecular flexibility index (Phi) is 4.14. The average molecular weight is 213 g/mol. The van der Waals surface area contributed by atoms with E-state index in [0.717, 1.165) is 19.3 Å². The fourth-order valence-corrected chi connectivity index (χ4v) is 1.84. The fraction of sp³-hybridized carbons (Fsp3) is 0.917.